The lowest BCUT2D eigenvalue weighted by Crippen LogP contribution is -2.64. The van der Waals surface area contributed by atoms with Crippen molar-refractivity contribution in [2.45, 2.75) is 82.3 Å². The Kier molecular flexibility index (Phi) is 11.1. The number of amidine groups is 1. The molecule has 254 valence electrons. The van der Waals surface area contributed by atoms with Crippen LogP contribution in [0.4, 0.5) is 5.82 Å². The van der Waals surface area contributed by atoms with E-state index >= 15 is 0 Å². The molecule has 3 aromatic rings. The molecule has 48 heavy (non-hydrogen) atoms. The number of hydrogen-bond acceptors (Lipinski definition) is 11. The van der Waals surface area contributed by atoms with Crippen molar-refractivity contribution < 1.29 is 39.2 Å². The summed E-state index contributed by atoms with van der Waals surface area (Å²) in [5.74, 6) is -2.64. The summed E-state index contributed by atoms with van der Waals surface area (Å²) >= 11 is 0. The molecule has 1 unspecified atom stereocenters. The third-order valence-electron chi connectivity index (χ3n) is 8.56. The first-order valence-electron chi connectivity index (χ1n) is 15.8. The molecule has 2 aromatic carbocycles. The predicted octanol–water partition coefficient (Wildman–Crippen LogP) is 0.338. The standard InChI is InChI=1S/C34H40N6O8/c1-2-25-30(44)31(45)29(34(47)48-25)39-33(46)21(13-19-9-5-3-6-10-19)15-23(41)22(14-20-11-7-4-8-12-20)37-27(43)17-40-18-36-28-24(42)16-26(35)38-32(28)40/h3-12,18,21-22,25,29-31,34,44-45,47H,2,13-17H2,1H3,(H2,35,38)(H,37,43)(H,39,46)/t21-,22+,25-,29?,30-,31-,34-/m1/s1. The third-order valence-corrected chi connectivity index (χ3v) is 8.56. The number of amides is 2. The minimum absolute atomic E-state index is 0.0624. The number of carbonyl (C=O) groups excluding carboxylic acids is 4. The molecule has 7 N–H and O–H groups in total. The van der Waals surface area contributed by atoms with Gasteiger partial charge in [-0.15, -0.1) is 0 Å². The summed E-state index contributed by atoms with van der Waals surface area (Å²) in [5, 5.41) is 37.1. The Balaban J connectivity index is 1.35. The van der Waals surface area contributed by atoms with Gasteiger partial charge >= 0.3 is 0 Å². The fraction of sp³-hybridized carbons (Fsp3) is 0.412. The SMILES string of the molecule is CC[C@H]1O[C@@H](O)C(NC(=O)[C@@H](CC(=O)[C@H](Cc2ccccc2)NC(=O)Cn2cnc3c2N=C(N)CC3=O)Cc2ccccc2)[C@@H](O)[C@@H]1O. The summed E-state index contributed by atoms with van der Waals surface area (Å²) in [6.45, 7) is 1.43. The normalized spacial score (nSPS) is 23.4. The molecular formula is C34H40N6O8. The number of nitrogens with zero attached hydrogens (tertiary/aromatic N) is 3. The number of ether oxygens (including phenoxy) is 1. The number of benzene rings is 2. The summed E-state index contributed by atoms with van der Waals surface area (Å²) in [5.41, 5.74) is 7.43. The summed E-state index contributed by atoms with van der Waals surface area (Å²) < 4.78 is 6.80. The Morgan fingerprint density at radius 1 is 1.00 bits per heavy atom. The number of nitrogens with two attached hydrogens (primary N) is 1. The first kappa shape index (κ1) is 34.6. The van der Waals surface area contributed by atoms with E-state index in [1.54, 1.807) is 19.1 Å². The van der Waals surface area contributed by atoms with E-state index in [1.807, 2.05) is 48.5 Å². The topological polar surface area (TPSA) is 218 Å². The minimum atomic E-state index is -1.58. The van der Waals surface area contributed by atoms with Gasteiger partial charge in [-0.1, -0.05) is 67.6 Å². The summed E-state index contributed by atoms with van der Waals surface area (Å²) in [4.78, 5) is 61.6. The Morgan fingerprint density at radius 2 is 1.65 bits per heavy atom. The maximum absolute atomic E-state index is 14.0. The number of fused-ring (bicyclic) bond motifs is 1. The minimum Gasteiger partial charge on any atom is -0.388 e. The van der Waals surface area contributed by atoms with Crippen LogP contribution in [0.2, 0.25) is 0 Å². The van der Waals surface area contributed by atoms with Crippen molar-refractivity contribution in [2.75, 3.05) is 0 Å². The number of aromatic nitrogens is 2. The van der Waals surface area contributed by atoms with Crippen LogP contribution in [0.15, 0.2) is 72.0 Å². The quantitative estimate of drug-likeness (QED) is 0.148. The van der Waals surface area contributed by atoms with Crippen molar-refractivity contribution in [3.05, 3.63) is 83.8 Å². The molecule has 0 radical (unpaired) electrons. The first-order chi connectivity index (χ1) is 23.0. The van der Waals surface area contributed by atoms with Gasteiger partial charge < -0.3 is 41.0 Å². The van der Waals surface area contributed by atoms with Gasteiger partial charge in [-0.2, -0.15) is 0 Å². The molecule has 2 aliphatic heterocycles. The molecule has 2 aliphatic rings. The number of aliphatic hydroxyl groups is 3. The van der Waals surface area contributed by atoms with Crippen LogP contribution in [0, 0.1) is 5.92 Å². The fourth-order valence-corrected chi connectivity index (χ4v) is 5.98. The molecule has 1 saturated heterocycles. The third kappa shape index (κ3) is 8.20. The Morgan fingerprint density at radius 3 is 2.29 bits per heavy atom. The fourth-order valence-electron chi connectivity index (χ4n) is 5.98. The molecule has 2 amide bonds. The molecule has 0 saturated carbocycles. The smallest absolute Gasteiger partial charge is 0.240 e. The first-order valence-corrected chi connectivity index (χ1v) is 15.8. The highest BCUT2D eigenvalue weighted by Gasteiger charge is 2.44. The van der Waals surface area contributed by atoms with Gasteiger partial charge in [-0.05, 0) is 30.4 Å². The average molecular weight is 661 g/mol. The van der Waals surface area contributed by atoms with E-state index in [9.17, 15) is 34.5 Å². The van der Waals surface area contributed by atoms with Crippen LogP contribution >= 0.6 is 0 Å². The summed E-state index contributed by atoms with van der Waals surface area (Å²) in [6.07, 6.45) is -3.69. The second kappa shape index (κ2) is 15.4. The molecule has 0 bridgehead atoms. The van der Waals surface area contributed by atoms with E-state index in [2.05, 4.69) is 20.6 Å². The zero-order chi connectivity index (χ0) is 34.4. The van der Waals surface area contributed by atoms with Crippen molar-refractivity contribution in [2.24, 2.45) is 16.6 Å². The van der Waals surface area contributed by atoms with Crippen molar-refractivity contribution in [3.63, 3.8) is 0 Å². The monoisotopic (exact) mass is 660 g/mol. The van der Waals surface area contributed by atoms with E-state index in [4.69, 9.17) is 10.5 Å². The van der Waals surface area contributed by atoms with Gasteiger partial charge in [0, 0.05) is 12.3 Å². The van der Waals surface area contributed by atoms with Gasteiger partial charge in [-0.25, -0.2) is 9.98 Å². The molecule has 1 aromatic heterocycles. The molecule has 5 rings (SSSR count). The number of imidazole rings is 1. The van der Waals surface area contributed by atoms with Crippen molar-refractivity contribution in [1.29, 1.82) is 0 Å². The lowest BCUT2D eigenvalue weighted by atomic mass is 9.88. The lowest BCUT2D eigenvalue weighted by molar-refractivity contribution is -0.247. The lowest BCUT2D eigenvalue weighted by Gasteiger charge is -2.41. The van der Waals surface area contributed by atoms with Crippen LogP contribution < -0.4 is 16.4 Å². The highest BCUT2D eigenvalue weighted by Crippen LogP contribution is 2.25. The summed E-state index contributed by atoms with van der Waals surface area (Å²) in [7, 11) is 0. The summed E-state index contributed by atoms with van der Waals surface area (Å²) in [6, 6.07) is 15.7. The predicted molar refractivity (Wildman–Crippen MR) is 173 cm³/mol. The second-order valence-electron chi connectivity index (χ2n) is 12.1. The molecule has 14 heteroatoms. The van der Waals surface area contributed by atoms with Crippen LogP contribution in [0.3, 0.4) is 0 Å². The van der Waals surface area contributed by atoms with Gasteiger partial charge in [0.25, 0.3) is 0 Å². The maximum atomic E-state index is 14.0. The van der Waals surface area contributed by atoms with Crippen LogP contribution in [-0.4, -0.2) is 90.8 Å². The molecule has 1 fully saturated rings. The number of carbonyl (C=O) groups is 4. The van der Waals surface area contributed by atoms with E-state index in [0.717, 1.165) is 11.1 Å². The van der Waals surface area contributed by atoms with Crippen molar-refractivity contribution in [1.82, 2.24) is 20.2 Å². The molecule has 3 heterocycles. The van der Waals surface area contributed by atoms with E-state index in [1.165, 1.54) is 10.9 Å². The van der Waals surface area contributed by atoms with Crippen molar-refractivity contribution >= 4 is 35.0 Å². The van der Waals surface area contributed by atoms with Crippen LogP contribution in [0.1, 0.15) is 47.8 Å². The van der Waals surface area contributed by atoms with Gasteiger partial charge in [0.2, 0.25) is 11.8 Å². The highest BCUT2D eigenvalue weighted by molar-refractivity contribution is 6.13. The second-order valence-corrected chi connectivity index (χ2v) is 12.1. The average Bonchev–Trinajstić information content (AvgIpc) is 3.47. The largest absolute Gasteiger partial charge is 0.388 e. The van der Waals surface area contributed by atoms with E-state index in [0.29, 0.717) is 6.42 Å². The molecule has 0 spiro atoms. The van der Waals surface area contributed by atoms with Gasteiger partial charge in [0.1, 0.15) is 30.6 Å². The van der Waals surface area contributed by atoms with Gasteiger partial charge in [0.05, 0.1) is 24.9 Å². The Hall–Kier alpha value is -4.76. The Bertz CT molecular complexity index is 1650. The number of aliphatic hydroxyl groups excluding tert-OH is 3. The van der Waals surface area contributed by atoms with Crippen molar-refractivity contribution in [3.8, 4) is 0 Å². The van der Waals surface area contributed by atoms with E-state index < -0.39 is 60.2 Å². The molecule has 14 nitrogen and oxygen atoms in total. The Labute approximate surface area is 277 Å². The molecule has 7 atom stereocenters. The number of rotatable bonds is 13. The number of ketones is 2. The van der Waals surface area contributed by atoms with Crippen LogP contribution in [0.5, 0.6) is 0 Å². The van der Waals surface area contributed by atoms with Crippen LogP contribution in [0.25, 0.3) is 0 Å². The van der Waals surface area contributed by atoms with Gasteiger partial charge in [-0.3, -0.25) is 19.2 Å². The number of nitrogens with one attached hydrogen (secondary N) is 2. The van der Waals surface area contributed by atoms with E-state index in [-0.39, 0.29) is 55.4 Å². The van der Waals surface area contributed by atoms with Gasteiger partial charge in [0.15, 0.2) is 29.4 Å². The maximum Gasteiger partial charge on any atom is 0.240 e. The van der Waals surface area contributed by atoms with Crippen LogP contribution in [-0.2, 0) is 38.5 Å². The zero-order valence-corrected chi connectivity index (χ0v) is 26.4. The number of hydrogen-bond donors (Lipinski definition) is 6. The molecule has 0 aliphatic carbocycles. The number of aliphatic imine (C=N–C) groups is 1. The molecular weight excluding hydrogens is 620 g/mol. The highest BCUT2D eigenvalue weighted by atomic mass is 16.6. The zero-order valence-electron chi connectivity index (χ0n) is 26.4. The number of Topliss-reactive ketones (excluding diaryl/α,β-unsaturated/α-hetero) is 2.